The van der Waals surface area contributed by atoms with E-state index in [4.69, 9.17) is 24.7 Å². The predicted molar refractivity (Wildman–Crippen MR) is 48.6 cm³/mol. The second kappa shape index (κ2) is 5.72. The zero-order valence-corrected chi connectivity index (χ0v) is 9.14. The molecule has 15 heavy (non-hydrogen) atoms. The lowest BCUT2D eigenvalue weighted by atomic mass is 10.3. The number of carboxylic acids is 1. The van der Waals surface area contributed by atoms with Crippen LogP contribution in [0.15, 0.2) is 0 Å². The fourth-order valence-corrected chi connectivity index (χ4v) is 2.28. The Morgan fingerprint density at radius 3 is 1.73 bits per heavy atom. The van der Waals surface area contributed by atoms with Crippen molar-refractivity contribution >= 4 is 21.2 Å². The van der Waals surface area contributed by atoms with Crippen LogP contribution in [0.2, 0.25) is 0 Å². The highest BCUT2D eigenvalue weighted by Crippen LogP contribution is 2.46. The summed E-state index contributed by atoms with van der Waals surface area (Å²) in [6, 6.07) is 0. The Hall–Kier alpha value is -0.270. The number of hydrogen-bond donors (Lipinski definition) is 5. The molecular weight excluding hydrogens is 254 g/mol. The molecule has 0 aromatic carbocycles. The number of aliphatic carboxylic acids is 1. The molecule has 0 aliphatic heterocycles. The van der Waals surface area contributed by atoms with Crippen molar-refractivity contribution in [2.24, 2.45) is 0 Å². The van der Waals surface area contributed by atoms with Crippen LogP contribution in [-0.4, -0.2) is 47.9 Å². The van der Waals surface area contributed by atoms with E-state index in [0.717, 1.165) is 0 Å². The van der Waals surface area contributed by atoms with Gasteiger partial charge in [-0.1, -0.05) is 0 Å². The molecule has 0 amide bonds. The van der Waals surface area contributed by atoms with E-state index in [1.165, 1.54) is 0 Å². The highest BCUT2D eigenvalue weighted by Gasteiger charge is 2.36. The lowest BCUT2D eigenvalue weighted by molar-refractivity contribution is -0.136. The van der Waals surface area contributed by atoms with E-state index in [-0.39, 0.29) is 5.48 Å². The highest BCUT2D eigenvalue weighted by atomic mass is 31.2. The summed E-state index contributed by atoms with van der Waals surface area (Å²) in [7, 11) is -9.30. The van der Waals surface area contributed by atoms with Crippen molar-refractivity contribution in [2.45, 2.75) is 12.1 Å². The quantitative estimate of drug-likeness (QED) is 0.366. The van der Waals surface area contributed by atoms with Gasteiger partial charge in [-0.25, -0.2) is 0 Å². The summed E-state index contributed by atoms with van der Waals surface area (Å²) in [6.07, 6.45) is -1.63. The predicted octanol–water partition coefficient (Wildman–Crippen LogP) is -1.64. The third kappa shape index (κ3) is 7.64. The fourth-order valence-electron chi connectivity index (χ4n) is 0.726. The van der Waals surface area contributed by atoms with E-state index in [0.29, 0.717) is 0 Å². The van der Waals surface area contributed by atoms with Gasteiger partial charge in [-0.15, -0.1) is 0 Å². The summed E-state index contributed by atoms with van der Waals surface area (Å²) in [4.78, 5) is 44.1. The zero-order chi connectivity index (χ0) is 11.6. The Labute approximate surface area is 84.4 Å². The molecule has 0 aromatic rings. The van der Waals surface area contributed by atoms with Gasteiger partial charge in [0.2, 0.25) is 0 Å². The van der Waals surface area contributed by atoms with Crippen molar-refractivity contribution in [3.63, 3.8) is 0 Å². The van der Waals surface area contributed by atoms with Gasteiger partial charge in [-0.05, 0) is 6.42 Å². The van der Waals surface area contributed by atoms with Gasteiger partial charge in [-0.3, -0.25) is 13.9 Å². The van der Waals surface area contributed by atoms with Crippen LogP contribution in [0.3, 0.4) is 0 Å². The average Bonchev–Trinajstić information content (AvgIpc) is 1.79. The molecule has 0 heterocycles. The summed E-state index contributed by atoms with van der Waals surface area (Å²) in [6.45, 7) is 0. The van der Waals surface area contributed by atoms with Crippen LogP contribution in [0.4, 0.5) is 0 Å². The first kappa shape index (κ1) is 17.1. The molecule has 0 saturated heterocycles. The second-order valence-corrected chi connectivity index (χ2v) is 6.20. The molecular formula is C4H12O9P2. The number of carboxylic acid groups (broad SMARTS) is 1. The average molecular weight is 266 g/mol. The standard InChI is InChI=1S/C4H10O8P2.H2O/c5-4(6)3(14(10,11)12)1-2-13(7,8)9;/h3H,1-2H2,(H,5,6)(H2,7,8,9)(H2,10,11,12);1H2. The Bertz CT molecular complexity index is 299. The first-order chi connectivity index (χ1) is 6.04. The van der Waals surface area contributed by atoms with Gasteiger partial charge >= 0.3 is 21.2 Å². The molecule has 7 N–H and O–H groups in total. The maximum absolute atomic E-state index is 10.6. The van der Waals surface area contributed by atoms with Crippen molar-refractivity contribution in [3.05, 3.63) is 0 Å². The molecule has 0 rings (SSSR count). The molecule has 0 aliphatic carbocycles. The van der Waals surface area contributed by atoms with Crippen LogP contribution in [0.25, 0.3) is 0 Å². The summed E-state index contributed by atoms with van der Waals surface area (Å²) in [5, 5.41) is 8.36. The third-order valence-corrected chi connectivity index (χ3v) is 3.52. The smallest absolute Gasteiger partial charge is 0.339 e. The Morgan fingerprint density at radius 1 is 1.13 bits per heavy atom. The SMILES string of the molecule is O.O=C(O)C(CCP(=O)(O)O)P(=O)(O)O. The molecule has 1 unspecified atom stereocenters. The maximum Gasteiger partial charge on any atom is 0.339 e. The Morgan fingerprint density at radius 2 is 1.53 bits per heavy atom. The minimum Gasteiger partial charge on any atom is -0.481 e. The van der Waals surface area contributed by atoms with E-state index in [1.807, 2.05) is 0 Å². The molecule has 9 nitrogen and oxygen atoms in total. The van der Waals surface area contributed by atoms with Gasteiger partial charge in [0.25, 0.3) is 0 Å². The fraction of sp³-hybridized carbons (Fsp3) is 0.750. The van der Waals surface area contributed by atoms with Gasteiger partial charge in [0.05, 0.1) is 6.16 Å². The summed E-state index contributed by atoms with van der Waals surface area (Å²) in [5.74, 6) is -1.77. The molecule has 0 fully saturated rings. The normalized spacial score (nSPS) is 14.1. The first-order valence-corrected chi connectivity index (χ1v) is 6.84. The van der Waals surface area contributed by atoms with E-state index in [1.54, 1.807) is 0 Å². The van der Waals surface area contributed by atoms with Gasteiger partial charge in [0.1, 0.15) is 0 Å². The molecule has 0 aliphatic rings. The Balaban J connectivity index is 0. The molecule has 0 saturated carbocycles. The largest absolute Gasteiger partial charge is 0.481 e. The van der Waals surface area contributed by atoms with Crippen LogP contribution < -0.4 is 0 Å². The van der Waals surface area contributed by atoms with Gasteiger partial charge in [-0.2, -0.15) is 0 Å². The van der Waals surface area contributed by atoms with Crippen molar-refractivity contribution in [1.29, 1.82) is 0 Å². The molecule has 0 spiro atoms. The van der Waals surface area contributed by atoms with Crippen LogP contribution in [-0.2, 0) is 13.9 Å². The molecule has 0 bridgehead atoms. The number of hydrogen-bond acceptors (Lipinski definition) is 3. The van der Waals surface area contributed by atoms with Crippen molar-refractivity contribution < 1.29 is 44.1 Å². The molecule has 0 aromatic heterocycles. The van der Waals surface area contributed by atoms with Crippen molar-refractivity contribution in [2.75, 3.05) is 6.16 Å². The van der Waals surface area contributed by atoms with Crippen molar-refractivity contribution in [3.8, 4) is 0 Å². The molecule has 92 valence electrons. The lowest BCUT2D eigenvalue weighted by Crippen LogP contribution is -2.21. The van der Waals surface area contributed by atoms with Crippen LogP contribution in [0.1, 0.15) is 6.42 Å². The van der Waals surface area contributed by atoms with Crippen LogP contribution >= 0.6 is 15.2 Å². The van der Waals surface area contributed by atoms with E-state index in [9.17, 15) is 13.9 Å². The molecule has 1 atom stereocenters. The van der Waals surface area contributed by atoms with Crippen LogP contribution in [0.5, 0.6) is 0 Å². The summed E-state index contributed by atoms with van der Waals surface area (Å²) >= 11 is 0. The van der Waals surface area contributed by atoms with E-state index in [2.05, 4.69) is 0 Å². The van der Waals surface area contributed by atoms with E-state index < -0.39 is 39.4 Å². The first-order valence-electron chi connectivity index (χ1n) is 3.36. The minimum absolute atomic E-state index is 0. The maximum atomic E-state index is 10.6. The summed E-state index contributed by atoms with van der Waals surface area (Å²) in [5.41, 5.74) is -2.06. The molecule has 11 heteroatoms. The third-order valence-electron chi connectivity index (χ3n) is 1.38. The highest BCUT2D eigenvalue weighted by molar-refractivity contribution is 7.54. The minimum atomic E-state index is -4.86. The molecule has 0 radical (unpaired) electrons. The van der Waals surface area contributed by atoms with Gasteiger partial charge < -0.3 is 30.2 Å². The summed E-state index contributed by atoms with van der Waals surface area (Å²) < 4.78 is 20.9. The van der Waals surface area contributed by atoms with E-state index >= 15 is 0 Å². The van der Waals surface area contributed by atoms with Gasteiger partial charge in [0.15, 0.2) is 5.66 Å². The van der Waals surface area contributed by atoms with Crippen LogP contribution in [0, 0.1) is 0 Å². The Kier molecular flexibility index (Phi) is 6.53. The topological polar surface area (TPSA) is 184 Å². The number of rotatable bonds is 5. The lowest BCUT2D eigenvalue weighted by Gasteiger charge is -2.13. The van der Waals surface area contributed by atoms with Gasteiger partial charge in [0, 0.05) is 0 Å². The second-order valence-electron chi connectivity index (χ2n) is 2.62. The number of carbonyl (C=O) groups is 1. The van der Waals surface area contributed by atoms with Crippen molar-refractivity contribution in [1.82, 2.24) is 0 Å². The zero-order valence-electron chi connectivity index (χ0n) is 7.35. The monoisotopic (exact) mass is 266 g/mol.